The summed E-state index contributed by atoms with van der Waals surface area (Å²) in [5, 5.41) is -0.425. The minimum absolute atomic E-state index is 0.0316. The van der Waals surface area contributed by atoms with Gasteiger partial charge in [0, 0.05) is 17.6 Å². The highest BCUT2D eigenvalue weighted by atomic mass is 32.2. The van der Waals surface area contributed by atoms with Gasteiger partial charge >= 0.3 is 6.18 Å². The first-order valence-corrected chi connectivity index (χ1v) is 12.9. The van der Waals surface area contributed by atoms with Gasteiger partial charge in [-0.25, -0.2) is 14.7 Å². The van der Waals surface area contributed by atoms with Crippen molar-refractivity contribution in [3.05, 3.63) is 65.7 Å². The van der Waals surface area contributed by atoms with E-state index >= 15 is 0 Å². The Morgan fingerprint density at radius 2 is 1.81 bits per heavy atom. The molecule has 0 radical (unpaired) electrons. The first-order chi connectivity index (χ1) is 17.2. The van der Waals surface area contributed by atoms with Gasteiger partial charge in [-0.3, -0.25) is 4.79 Å². The number of hydrogen-bond donors (Lipinski definition) is 2. The van der Waals surface area contributed by atoms with E-state index in [0.717, 1.165) is 18.6 Å². The third-order valence-corrected chi connectivity index (χ3v) is 8.03. The molecule has 1 aliphatic rings. The van der Waals surface area contributed by atoms with Gasteiger partial charge in [0.25, 0.3) is 15.9 Å². The molecule has 0 aliphatic carbocycles. The quantitative estimate of drug-likeness (QED) is 0.496. The molecule has 196 valence electrons. The van der Waals surface area contributed by atoms with E-state index in [0.29, 0.717) is 6.54 Å². The number of hydrogen-bond acceptors (Lipinski definition) is 7. The molecule has 1 fully saturated rings. The number of anilines is 2. The van der Waals surface area contributed by atoms with E-state index in [1.54, 1.807) is 0 Å². The molecule has 0 bridgehead atoms. The fourth-order valence-electron chi connectivity index (χ4n) is 4.27. The average molecular weight is 534 g/mol. The number of nitrogens with two attached hydrogens (primary N) is 1. The predicted octanol–water partition coefficient (Wildman–Crippen LogP) is 4.49. The van der Waals surface area contributed by atoms with Gasteiger partial charge in [0.15, 0.2) is 5.03 Å². The number of halogens is 3. The molecule has 37 heavy (non-hydrogen) atoms. The smallest absolute Gasteiger partial charge is 0.384 e. The van der Waals surface area contributed by atoms with Crippen LogP contribution >= 0.6 is 0 Å². The summed E-state index contributed by atoms with van der Waals surface area (Å²) < 4.78 is 67.5. The Morgan fingerprint density at radius 3 is 2.43 bits per heavy atom. The van der Waals surface area contributed by atoms with Crippen molar-refractivity contribution < 1.29 is 26.4 Å². The summed E-state index contributed by atoms with van der Waals surface area (Å²) in [7, 11) is -4.36. The van der Waals surface area contributed by atoms with Gasteiger partial charge < -0.3 is 10.6 Å². The number of pyridine rings is 2. The minimum Gasteiger partial charge on any atom is -0.384 e. The van der Waals surface area contributed by atoms with Gasteiger partial charge in [0.05, 0.1) is 16.8 Å². The highest BCUT2D eigenvalue weighted by Gasteiger charge is 2.41. The number of amides is 1. The molecule has 0 saturated carbocycles. The molecular weight excluding hydrogens is 507 g/mol. The monoisotopic (exact) mass is 533 g/mol. The van der Waals surface area contributed by atoms with Crippen molar-refractivity contribution in [1.29, 1.82) is 0 Å². The lowest BCUT2D eigenvalue weighted by Gasteiger charge is -2.36. The fourth-order valence-corrected chi connectivity index (χ4v) is 5.21. The van der Waals surface area contributed by atoms with Gasteiger partial charge in [-0.1, -0.05) is 25.1 Å². The Hall–Kier alpha value is -3.67. The highest BCUT2D eigenvalue weighted by molar-refractivity contribution is 7.90. The van der Waals surface area contributed by atoms with E-state index in [2.05, 4.69) is 9.97 Å². The fraction of sp³-hybridized carbons (Fsp3) is 0.320. The maximum Gasteiger partial charge on any atom is 0.416 e. The second-order valence-electron chi connectivity index (χ2n) is 9.48. The maximum atomic E-state index is 13.3. The summed E-state index contributed by atoms with van der Waals surface area (Å²) in [4.78, 5) is 23.5. The Labute approximate surface area is 212 Å². The van der Waals surface area contributed by atoms with Crippen molar-refractivity contribution in [3.63, 3.8) is 0 Å². The molecule has 3 aromatic rings. The van der Waals surface area contributed by atoms with Crippen LogP contribution in [0.5, 0.6) is 0 Å². The number of nitrogens with zero attached hydrogens (tertiary/aromatic N) is 3. The molecule has 3 N–H and O–H groups in total. The van der Waals surface area contributed by atoms with Crippen molar-refractivity contribution >= 4 is 27.6 Å². The van der Waals surface area contributed by atoms with Crippen LogP contribution in [0.4, 0.5) is 24.8 Å². The van der Waals surface area contributed by atoms with Crippen molar-refractivity contribution in [1.82, 2.24) is 14.7 Å². The molecule has 1 saturated heterocycles. The number of alkyl halides is 3. The number of carbonyl (C=O) groups excluding carboxylic acids is 1. The van der Waals surface area contributed by atoms with Crippen LogP contribution in [-0.2, 0) is 16.2 Å². The van der Waals surface area contributed by atoms with E-state index in [1.165, 1.54) is 42.5 Å². The Kier molecular flexibility index (Phi) is 6.65. The number of benzene rings is 1. The van der Waals surface area contributed by atoms with Crippen molar-refractivity contribution in [3.8, 4) is 11.3 Å². The van der Waals surface area contributed by atoms with E-state index in [4.69, 9.17) is 5.73 Å². The maximum absolute atomic E-state index is 13.3. The van der Waals surface area contributed by atoms with Gasteiger partial charge in [0.1, 0.15) is 11.6 Å². The zero-order valence-corrected chi connectivity index (χ0v) is 21.2. The van der Waals surface area contributed by atoms with E-state index < -0.39 is 38.2 Å². The second kappa shape index (κ2) is 9.33. The highest BCUT2D eigenvalue weighted by Crippen LogP contribution is 2.40. The van der Waals surface area contributed by atoms with Crippen LogP contribution in [0.2, 0.25) is 0 Å². The van der Waals surface area contributed by atoms with E-state index in [1.807, 2.05) is 30.4 Å². The molecule has 1 aromatic carbocycles. The van der Waals surface area contributed by atoms with Crippen molar-refractivity contribution in [2.45, 2.75) is 43.9 Å². The van der Waals surface area contributed by atoms with Gasteiger partial charge in [-0.05, 0) is 62.6 Å². The SMILES string of the molecule is CC1CCN(c2nc(-c3cccc(C(F)(F)F)c3)ccc2C(=O)NS(=O)(=O)c2cccc(N)n2)C1(C)C. The average Bonchev–Trinajstić information content (AvgIpc) is 3.10. The van der Waals surface area contributed by atoms with E-state index in [-0.39, 0.29) is 34.4 Å². The first-order valence-electron chi connectivity index (χ1n) is 11.5. The van der Waals surface area contributed by atoms with Crippen molar-refractivity contribution in [2.24, 2.45) is 5.92 Å². The summed E-state index contributed by atoms with van der Waals surface area (Å²) in [5.41, 5.74) is 4.69. The lowest BCUT2D eigenvalue weighted by atomic mass is 9.90. The van der Waals surface area contributed by atoms with Gasteiger partial charge in [-0.15, -0.1) is 0 Å². The number of carbonyl (C=O) groups is 1. The third-order valence-electron chi connectivity index (χ3n) is 6.80. The Balaban J connectivity index is 1.79. The molecule has 1 unspecified atom stereocenters. The molecule has 0 spiro atoms. The molecule has 1 atom stereocenters. The van der Waals surface area contributed by atoms with Crippen LogP contribution in [-0.4, -0.2) is 36.4 Å². The molecule has 8 nitrogen and oxygen atoms in total. The van der Waals surface area contributed by atoms with Crippen LogP contribution in [0.15, 0.2) is 59.6 Å². The Bertz CT molecular complexity index is 1460. The third kappa shape index (κ3) is 5.24. The summed E-state index contributed by atoms with van der Waals surface area (Å²) in [6.45, 7) is 6.51. The topological polar surface area (TPSA) is 118 Å². The van der Waals surface area contributed by atoms with Crippen molar-refractivity contribution in [2.75, 3.05) is 17.2 Å². The molecule has 12 heteroatoms. The standard InChI is InChI=1S/C25H26F3N5O3S/c1-15-12-13-33(24(15,2)3)22-18(23(34)32-37(35,36)21-9-5-8-20(29)31-21)10-11-19(30-22)16-6-4-7-17(14-16)25(26,27)28/h4-11,14-15H,12-13H2,1-3H3,(H2,29,31)(H,32,34). The normalized spacial score (nSPS) is 17.6. The summed E-state index contributed by atoms with van der Waals surface area (Å²) >= 11 is 0. The summed E-state index contributed by atoms with van der Waals surface area (Å²) in [6, 6.07) is 11.5. The molecule has 4 rings (SSSR count). The van der Waals surface area contributed by atoms with Crippen LogP contribution in [0, 0.1) is 5.92 Å². The zero-order valence-electron chi connectivity index (χ0n) is 20.4. The lowest BCUT2D eigenvalue weighted by Crippen LogP contribution is -2.43. The first kappa shape index (κ1) is 26.4. The molecule has 2 aromatic heterocycles. The van der Waals surface area contributed by atoms with Gasteiger partial charge in [0.2, 0.25) is 0 Å². The summed E-state index contributed by atoms with van der Waals surface area (Å²) in [5.74, 6) is -0.589. The number of aromatic nitrogens is 2. The zero-order chi connectivity index (χ0) is 27.2. The largest absolute Gasteiger partial charge is 0.416 e. The molecule has 1 aliphatic heterocycles. The van der Waals surface area contributed by atoms with E-state index in [9.17, 15) is 26.4 Å². The number of sulfonamides is 1. The Morgan fingerprint density at radius 1 is 1.11 bits per heavy atom. The minimum atomic E-state index is -4.53. The van der Waals surface area contributed by atoms with Gasteiger partial charge in [-0.2, -0.15) is 21.6 Å². The number of rotatable bonds is 5. The predicted molar refractivity (Wildman–Crippen MR) is 133 cm³/mol. The second-order valence-corrected chi connectivity index (χ2v) is 11.1. The van der Waals surface area contributed by atoms with Crippen LogP contribution in [0.1, 0.15) is 43.1 Å². The molecule has 3 heterocycles. The van der Waals surface area contributed by atoms with Crippen LogP contribution in [0.3, 0.4) is 0 Å². The summed E-state index contributed by atoms with van der Waals surface area (Å²) in [6.07, 6.45) is -3.75. The van der Waals surface area contributed by atoms with Crippen LogP contribution < -0.4 is 15.4 Å². The number of nitrogen functional groups attached to an aromatic ring is 1. The molecular formula is C25H26F3N5O3S. The number of nitrogens with one attached hydrogen (secondary N) is 1. The molecule has 1 amide bonds. The lowest BCUT2D eigenvalue weighted by molar-refractivity contribution is -0.137. The van der Waals surface area contributed by atoms with Crippen LogP contribution in [0.25, 0.3) is 11.3 Å².